The highest BCUT2D eigenvalue weighted by Crippen LogP contribution is 2.28. The lowest BCUT2D eigenvalue weighted by Gasteiger charge is -2.03. The largest absolute Gasteiger partial charge is 0.388 e. The molecular weight excluding hydrogens is 204 g/mol. The Morgan fingerprint density at radius 2 is 1.75 bits per heavy atom. The average Bonchev–Trinajstić information content (AvgIpc) is 2.30. The van der Waals surface area contributed by atoms with E-state index in [0.717, 1.165) is 10.8 Å². The van der Waals surface area contributed by atoms with Crippen molar-refractivity contribution in [3.63, 3.8) is 0 Å². The van der Waals surface area contributed by atoms with Crippen molar-refractivity contribution in [1.29, 1.82) is 10.5 Å². The quantitative estimate of drug-likeness (QED) is 0.714. The van der Waals surface area contributed by atoms with E-state index in [1.807, 2.05) is 6.07 Å². The summed E-state index contributed by atoms with van der Waals surface area (Å²) >= 11 is 0. The zero-order valence-electron chi connectivity index (χ0n) is 8.18. The fourth-order valence-electron chi connectivity index (χ4n) is 1.49. The second-order valence-corrected chi connectivity index (χ2v) is 3.03. The molecule has 2 aromatic carbocycles. The van der Waals surface area contributed by atoms with Gasteiger partial charge in [0.1, 0.15) is 11.5 Å². The highest BCUT2D eigenvalue weighted by Gasteiger charge is 2.03. The summed E-state index contributed by atoms with van der Waals surface area (Å²) in [5.74, 6) is 0.951. The van der Waals surface area contributed by atoms with E-state index in [4.69, 9.17) is 20.0 Å². The van der Waals surface area contributed by atoms with Crippen molar-refractivity contribution in [2.75, 3.05) is 0 Å². The maximum absolute atomic E-state index is 8.48. The third kappa shape index (κ3) is 1.73. The van der Waals surface area contributed by atoms with Crippen molar-refractivity contribution in [3.8, 4) is 24.0 Å². The van der Waals surface area contributed by atoms with Crippen LogP contribution in [0.2, 0.25) is 0 Å². The van der Waals surface area contributed by atoms with Gasteiger partial charge in [0.05, 0.1) is 0 Å². The molecule has 0 amide bonds. The van der Waals surface area contributed by atoms with Gasteiger partial charge < -0.3 is 9.47 Å². The molecule has 0 aliphatic rings. The zero-order chi connectivity index (χ0) is 11.4. The molecule has 0 atom stereocenters. The second kappa shape index (κ2) is 4.20. The van der Waals surface area contributed by atoms with Gasteiger partial charge in [-0.25, -0.2) is 0 Å². The first-order valence-corrected chi connectivity index (χ1v) is 4.50. The van der Waals surface area contributed by atoms with Gasteiger partial charge in [0.15, 0.2) is 0 Å². The van der Waals surface area contributed by atoms with Gasteiger partial charge in [-0.05, 0) is 29.7 Å². The normalized spacial score (nSPS) is 9.12. The maximum atomic E-state index is 8.48. The van der Waals surface area contributed by atoms with Gasteiger partial charge >= 0.3 is 0 Å². The number of benzene rings is 2. The van der Waals surface area contributed by atoms with Gasteiger partial charge in [-0.1, -0.05) is 12.1 Å². The molecule has 0 saturated heterocycles. The number of fused-ring (bicyclic) bond motifs is 1. The Morgan fingerprint density at radius 1 is 0.938 bits per heavy atom. The number of nitrogens with zero attached hydrogens (tertiary/aromatic N) is 2. The van der Waals surface area contributed by atoms with Crippen LogP contribution in [-0.4, -0.2) is 0 Å². The molecule has 2 rings (SSSR count). The molecule has 4 nitrogen and oxygen atoms in total. The predicted octanol–water partition coefficient (Wildman–Crippen LogP) is 2.56. The number of nitriles is 2. The minimum Gasteiger partial charge on any atom is -0.388 e. The standard InChI is InChI=1S/C12H6N2O2/c13-7-15-10-4-5-11-9(6-10)2-1-3-12(11)16-8-14/h1-6H. The third-order valence-electron chi connectivity index (χ3n) is 2.13. The molecule has 0 bridgehead atoms. The van der Waals surface area contributed by atoms with Gasteiger partial charge in [0, 0.05) is 5.39 Å². The van der Waals surface area contributed by atoms with E-state index in [1.165, 1.54) is 0 Å². The number of rotatable bonds is 2. The Balaban J connectivity index is 2.56. The molecule has 0 N–H and O–H groups in total. The van der Waals surface area contributed by atoms with Gasteiger partial charge in [-0.2, -0.15) is 0 Å². The number of hydrogen-bond acceptors (Lipinski definition) is 4. The highest BCUT2D eigenvalue weighted by molar-refractivity contribution is 5.89. The molecule has 16 heavy (non-hydrogen) atoms. The monoisotopic (exact) mass is 210 g/mol. The lowest BCUT2D eigenvalue weighted by Crippen LogP contribution is -1.85. The van der Waals surface area contributed by atoms with E-state index >= 15 is 0 Å². The highest BCUT2D eigenvalue weighted by atomic mass is 16.5. The summed E-state index contributed by atoms with van der Waals surface area (Å²) < 4.78 is 9.53. The van der Waals surface area contributed by atoms with E-state index < -0.39 is 0 Å². The van der Waals surface area contributed by atoms with Crippen LogP contribution in [0.3, 0.4) is 0 Å². The minimum atomic E-state index is 0.462. The van der Waals surface area contributed by atoms with Crippen molar-refractivity contribution in [2.24, 2.45) is 0 Å². The molecule has 0 saturated carbocycles. The molecule has 76 valence electrons. The minimum absolute atomic E-state index is 0.462. The molecule has 0 spiro atoms. The predicted molar refractivity (Wildman–Crippen MR) is 56.4 cm³/mol. The second-order valence-electron chi connectivity index (χ2n) is 3.03. The first-order valence-electron chi connectivity index (χ1n) is 4.50. The summed E-state index contributed by atoms with van der Waals surface area (Å²) in [5.41, 5.74) is 0. The van der Waals surface area contributed by atoms with Crippen LogP contribution in [0.15, 0.2) is 36.4 Å². The maximum Gasteiger partial charge on any atom is 0.292 e. The number of hydrogen-bond donors (Lipinski definition) is 0. The Hall–Kier alpha value is -2.72. The van der Waals surface area contributed by atoms with E-state index in [9.17, 15) is 0 Å². The van der Waals surface area contributed by atoms with Crippen molar-refractivity contribution in [3.05, 3.63) is 36.4 Å². The number of ether oxygens (including phenoxy) is 2. The summed E-state index contributed by atoms with van der Waals surface area (Å²) in [4.78, 5) is 0. The van der Waals surface area contributed by atoms with Crippen LogP contribution < -0.4 is 9.47 Å². The molecule has 0 aliphatic heterocycles. The van der Waals surface area contributed by atoms with Crippen molar-refractivity contribution in [2.45, 2.75) is 0 Å². The lowest BCUT2D eigenvalue weighted by molar-refractivity contribution is 0.507. The SMILES string of the molecule is N#COc1ccc2c(OC#N)cccc2c1. The summed E-state index contributed by atoms with van der Waals surface area (Å²) in [5, 5.41) is 18.5. The molecule has 0 fully saturated rings. The molecule has 0 aliphatic carbocycles. The Morgan fingerprint density at radius 3 is 2.50 bits per heavy atom. The van der Waals surface area contributed by atoms with Crippen molar-refractivity contribution < 1.29 is 9.47 Å². The molecule has 2 aromatic rings. The van der Waals surface area contributed by atoms with Crippen LogP contribution in [-0.2, 0) is 0 Å². The fraction of sp³-hybridized carbons (Fsp3) is 0. The van der Waals surface area contributed by atoms with E-state index in [1.54, 1.807) is 42.8 Å². The summed E-state index contributed by atoms with van der Waals surface area (Å²) in [6.07, 6.45) is 3.24. The Labute approximate surface area is 91.9 Å². The van der Waals surface area contributed by atoms with Crippen LogP contribution in [0.4, 0.5) is 0 Å². The molecule has 0 unspecified atom stereocenters. The summed E-state index contributed by atoms with van der Waals surface area (Å²) in [7, 11) is 0. The van der Waals surface area contributed by atoms with Crippen molar-refractivity contribution >= 4 is 10.8 Å². The topological polar surface area (TPSA) is 66.0 Å². The Kier molecular flexibility index (Phi) is 2.58. The first kappa shape index (κ1) is 9.82. The van der Waals surface area contributed by atoms with E-state index in [-0.39, 0.29) is 0 Å². The zero-order valence-corrected chi connectivity index (χ0v) is 8.18. The summed E-state index contributed by atoms with van der Waals surface area (Å²) in [6, 6.07) is 10.4. The molecule has 0 radical (unpaired) electrons. The molecule has 4 heteroatoms. The van der Waals surface area contributed by atoms with Crippen LogP contribution in [0.1, 0.15) is 0 Å². The van der Waals surface area contributed by atoms with Crippen molar-refractivity contribution in [1.82, 2.24) is 0 Å². The summed E-state index contributed by atoms with van der Waals surface area (Å²) in [6.45, 7) is 0. The van der Waals surface area contributed by atoms with Crippen LogP contribution in [0, 0.1) is 23.0 Å². The average molecular weight is 210 g/mol. The van der Waals surface area contributed by atoms with Gasteiger partial charge in [-0.15, -0.1) is 10.5 Å². The smallest absolute Gasteiger partial charge is 0.292 e. The van der Waals surface area contributed by atoms with E-state index in [2.05, 4.69) is 0 Å². The van der Waals surface area contributed by atoms with Crippen LogP contribution in [0.5, 0.6) is 11.5 Å². The van der Waals surface area contributed by atoms with Gasteiger partial charge in [-0.3, -0.25) is 0 Å². The fourth-order valence-corrected chi connectivity index (χ4v) is 1.49. The third-order valence-corrected chi connectivity index (χ3v) is 2.13. The van der Waals surface area contributed by atoms with E-state index in [0.29, 0.717) is 11.5 Å². The Bertz CT molecular complexity index is 608. The first-order chi connectivity index (χ1) is 7.85. The lowest BCUT2D eigenvalue weighted by atomic mass is 10.1. The molecule has 0 heterocycles. The van der Waals surface area contributed by atoms with Gasteiger partial charge in [0.2, 0.25) is 0 Å². The van der Waals surface area contributed by atoms with Gasteiger partial charge in [0.25, 0.3) is 12.5 Å². The molecule has 0 aromatic heterocycles. The molecular formula is C12H6N2O2. The van der Waals surface area contributed by atoms with Crippen LogP contribution >= 0.6 is 0 Å². The van der Waals surface area contributed by atoms with Crippen LogP contribution in [0.25, 0.3) is 10.8 Å².